The van der Waals surface area contributed by atoms with E-state index in [0.29, 0.717) is 11.0 Å². The number of hydrogen-bond donors (Lipinski definition) is 0. The molecule has 2 aromatic rings. The first-order valence-electron chi connectivity index (χ1n) is 4.43. The van der Waals surface area contributed by atoms with Crippen LogP contribution in [0, 0.1) is 10.1 Å². The van der Waals surface area contributed by atoms with Gasteiger partial charge in [-0.2, -0.15) is 4.68 Å². The molecule has 7 heteroatoms. The van der Waals surface area contributed by atoms with Crippen LogP contribution in [0.15, 0.2) is 35.2 Å². The Bertz CT molecular complexity index is 511. The molecule has 0 atom stereocenters. The highest BCUT2D eigenvalue weighted by atomic mass is 79.9. The zero-order valence-electron chi connectivity index (χ0n) is 8.08. The molecule has 0 unspecified atom stereocenters. The molecule has 6 nitrogen and oxygen atoms in total. The predicted octanol–water partition coefficient (Wildman–Crippen LogP) is 2.00. The molecule has 2 rings (SSSR count). The standard InChI is InChI=1S/C9H7BrN4O2/c10-8-6-13(12-9(8)14(15)16)5-7-1-3-11-4-2-7/h1-4,6H,5H2. The lowest BCUT2D eigenvalue weighted by Gasteiger charge is -1.95. The van der Waals surface area contributed by atoms with Crippen LogP contribution in [0.5, 0.6) is 0 Å². The lowest BCUT2D eigenvalue weighted by Crippen LogP contribution is -2.01. The van der Waals surface area contributed by atoms with Crippen molar-refractivity contribution < 1.29 is 4.92 Å². The molecule has 0 aliphatic carbocycles. The molecule has 2 aromatic heterocycles. The first-order valence-corrected chi connectivity index (χ1v) is 5.22. The Kier molecular flexibility index (Phi) is 2.95. The third kappa shape index (κ3) is 2.25. The molecule has 0 fully saturated rings. The van der Waals surface area contributed by atoms with Crippen LogP contribution in [0.1, 0.15) is 5.56 Å². The maximum absolute atomic E-state index is 10.6. The minimum Gasteiger partial charge on any atom is -0.358 e. The second-order valence-electron chi connectivity index (χ2n) is 3.11. The molecule has 0 N–H and O–H groups in total. The van der Waals surface area contributed by atoms with Crippen molar-refractivity contribution in [2.75, 3.05) is 0 Å². The molecular weight excluding hydrogens is 276 g/mol. The monoisotopic (exact) mass is 282 g/mol. The molecule has 16 heavy (non-hydrogen) atoms. The third-order valence-corrected chi connectivity index (χ3v) is 2.53. The van der Waals surface area contributed by atoms with Gasteiger partial charge in [0.2, 0.25) is 0 Å². The minimum absolute atomic E-state index is 0.172. The van der Waals surface area contributed by atoms with Crippen LogP contribution in [-0.2, 0) is 6.54 Å². The van der Waals surface area contributed by atoms with Crippen LogP contribution >= 0.6 is 15.9 Å². The largest absolute Gasteiger partial charge is 0.404 e. The zero-order valence-corrected chi connectivity index (χ0v) is 9.66. The summed E-state index contributed by atoms with van der Waals surface area (Å²) < 4.78 is 1.89. The van der Waals surface area contributed by atoms with E-state index in [1.54, 1.807) is 18.6 Å². The highest BCUT2D eigenvalue weighted by Crippen LogP contribution is 2.22. The van der Waals surface area contributed by atoms with Gasteiger partial charge in [-0.3, -0.25) is 4.98 Å². The highest BCUT2D eigenvalue weighted by Gasteiger charge is 2.18. The van der Waals surface area contributed by atoms with E-state index in [1.165, 1.54) is 4.68 Å². The van der Waals surface area contributed by atoms with E-state index in [9.17, 15) is 10.1 Å². The van der Waals surface area contributed by atoms with Crippen LogP contribution in [0.2, 0.25) is 0 Å². The Balaban J connectivity index is 2.23. The van der Waals surface area contributed by atoms with Crippen LogP contribution < -0.4 is 0 Å². The van der Waals surface area contributed by atoms with Gasteiger partial charge in [-0.25, -0.2) is 0 Å². The fourth-order valence-electron chi connectivity index (χ4n) is 1.27. The van der Waals surface area contributed by atoms with Gasteiger partial charge in [0.15, 0.2) is 0 Å². The van der Waals surface area contributed by atoms with Crippen LogP contribution in [-0.4, -0.2) is 19.7 Å². The summed E-state index contributed by atoms with van der Waals surface area (Å²) in [7, 11) is 0. The maximum Gasteiger partial charge on any atom is 0.404 e. The minimum atomic E-state index is -0.521. The van der Waals surface area contributed by atoms with Crippen molar-refractivity contribution in [2.24, 2.45) is 0 Å². The quantitative estimate of drug-likeness (QED) is 0.637. The number of nitro groups is 1. The lowest BCUT2D eigenvalue weighted by molar-refractivity contribution is -0.390. The van der Waals surface area contributed by atoms with Gasteiger partial charge in [-0.1, -0.05) is 0 Å². The molecule has 0 radical (unpaired) electrons. The molecule has 0 amide bonds. The van der Waals surface area contributed by atoms with Crippen molar-refractivity contribution in [1.29, 1.82) is 0 Å². The first kappa shape index (κ1) is 10.7. The van der Waals surface area contributed by atoms with Crippen molar-refractivity contribution in [2.45, 2.75) is 6.54 Å². The second-order valence-corrected chi connectivity index (χ2v) is 3.97. The van der Waals surface area contributed by atoms with E-state index in [0.717, 1.165) is 5.56 Å². The summed E-state index contributed by atoms with van der Waals surface area (Å²) in [6, 6.07) is 3.67. The van der Waals surface area contributed by atoms with Crippen molar-refractivity contribution in [1.82, 2.24) is 14.8 Å². The van der Waals surface area contributed by atoms with E-state index < -0.39 is 4.92 Å². The molecule has 0 saturated carbocycles. The normalized spacial score (nSPS) is 10.3. The summed E-state index contributed by atoms with van der Waals surface area (Å²) in [5.41, 5.74) is 0.986. The number of nitrogens with zero attached hydrogens (tertiary/aromatic N) is 4. The molecule has 0 aliphatic rings. The summed E-state index contributed by atoms with van der Waals surface area (Å²) in [4.78, 5) is 13.9. The van der Waals surface area contributed by atoms with Crippen LogP contribution in [0.25, 0.3) is 0 Å². The Morgan fingerprint density at radius 1 is 1.44 bits per heavy atom. The van der Waals surface area contributed by atoms with Gasteiger partial charge in [0.05, 0.1) is 17.8 Å². The number of rotatable bonds is 3. The topological polar surface area (TPSA) is 73.8 Å². The van der Waals surface area contributed by atoms with E-state index in [2.05, 4.69) is 26.0 Å². The average molecular weight is 283 g/mol. The van der Waals surface area contributed by atoms with Gasteiger partial charge in [-0.05, 0) is 38.5 Å². The Morgan fingerprint density at radius 3 is 2.69 bits per heavy atom. The van der Waals surface area contributed by atoms with Gasteiger partial charge in [0, 0.05) is 12.4 Å². The summed E-state index contributed by atoms with van der Waals surface area (Å²) in [6.45, 7) is 0.481. The van der Waals surface area contributed by atoms with Crippen molar-refractivity contribution >= 4 is 21.7 Å². The Hall–Kier alpha value is -1.76. The van der Waals surface area contributed by atoms with Gasteiger partial charge < -0.3 is 10.1 Å². The second kappa shape index (κ2) is 4.40. The zero-order chi connectivity index (χ0) is 11.5. The van der Waals surface area contributed by atoms with Crippen molar-refractivity contribution in [3.05, 3.63) is 50.9 Å². The summed E-state index contributed by atoms with van der Waals surface area (Å²) in [6.07, 6.45) is 4.92. The summed E-state index contributed by atoms with van der Waals surface area (Å²) in [5.74, 6) is -0.172. The van der Waals surface area contributed by atoms with E-state index in [1.807, 2.05) is 12.1 Å². The molecule has 2 heterocycles. The molecule has 0 aliphatic heterocycles. The SMILES string of the molecule is O=[N+]([O-])c1nn(Cc2ccncc2)cc1Br. The van der Waals surface area contributed by atoms with E-state index in [4.69, 9.17) is 0 Å². The third-order valence-electron chi connectivity index (χ3n) is 1.97. The molecule has 0 bridgehead atoms. The fourth-order valence-corrected chi connectivity index (χ4v) is 1.73. The molecule has 0 aromatic carbocycles. The van der Waals surface area contributed by atoms with Crippen molar-refractivity contribution in [3.63, 3.8) is 0 Å². The van der Waals surface area contributed by atoms with Gasteiger partial charge in [-0.15, -0.1) is 0 Å². The molecule has 0 saturated heterocycles. The number of aromatic nitrogens is 3. The predicted molar refractivity (Wildman–Crippen MR) is 59.9 cm³/mol. The van der Waals surface area contributed by atoms with Gasteiger partial charge in [0.1, 0.15) is 4.47 Å². The van der Waals surface area contributed by atoms with Gasteiger partial charge in [0.25, 0.3) is 0 Å². The maximum atomic E-state index is 10.6. The molecule has 0 spiro atoms. The van der Waals surface area contributed by atoms with E-state index >= 15 is 0 Å². The van der Waals surface area contributed by atoms with Crippen molar-refractivity contribution in [3.8, 4) is 0 Å². The van der Waals surface area contributed by atoms with Crippen LogP contribution in [0.3, 0.4) is 0 Å². The molecular formula is C9H7BrN4O2. The van der Waals surface area contributed by atoms with E-state index in [-0.39, 0.29) is 5.82 Å². The Labute approximate surface area is 99.2 Å². The fraction of sp³-hybridized carbons (Fsp3) is 0.111. The van der Waals surface area contributed by atoms with Crippen LogP contribution in [0.4, 0.5) is 5.82 Å². The Morgan fingerprint density at radius 2 is 2.12 bits per heavy atom. The highest BCUT2D eigenvalue weighted by molar-refractivity contribution is 9.10. The summed E-state index contributed by atoms with van der Waals surface area (Å²) >= 11 is 3.09. The lowest BCUT2D eigenvalue weighted by atomic mass is 10.3. The first-order chi connectivity index (χ1) is 7.66. The van der Waals surface area contributed by atoms with Gasteiger partial charge >= 0.3 is 5.82 Å². The smallest absolute Gasteiger partial charge is 0.358 e. The number of pyridine rings is 1. The number of hydrogen-bond acceptors (Lipinski definition) is 4. The molecule has 82 valence electrons. The average Bonchev–Trinajstić information content (AvgIpc) is 2.61. The number of halogens is 1. The summed E-state index contributed by atoms with van der Waals surface area (Å²) in [5, 5.41) is 14.4.